The zero-order valence-electron chi connectivity index (χ0n) is 17.2. The fourth-order valence-corrected chi connectivity index (χ4v) is 4.30. The highest BCUT2D eigenvalue weighted by Gasteiger charge is 2.34. The van der Waals surface area contributed by atoms with Crippen LogP contribution < -0.4 is 10.2 Å². The first-order chi connectivity index (χ1) is 14.0. The molecule has 0 aliphatic carbocycles. The molecule has 3 rings (SSSR count). The smallest absolute Gasteiger partial charge is 0.266 e. The van der Waals surface area contributed by atoms with E-state index < -0.39 is 5.91 Å². The zero-order chi connectivity index (χ0) is 22.2. The summed E-state index contributed by atoms with van der Waals surface area (Å²) in [5.74, 6) is -0.220. The molecule has 7 heteroatoms. The molecule has 1 aliphatic rings. The number of hydrogen-bond acceptors (Lipinski definition) is 3. The molecule has 0 fully saturated rings. The molecule has 0 aromatic heterocycles. The van der Waals surface area contributed by atoms with Crippen LogP contribution in [-0.4, -0.2) is 18.5 Å². The molecule has 0 unspecified atom stereocenters. The third-order valence-electron chi connectivity index (χ3n) is 5.59. The van der Waals surface area contributed by atoms with Gasteiger partial charge in [0.05, 0.1) is 10.0 Å². The predicted octanol–water partition coefficient (Wildman–Crippen LogP) is 6.91. The molecule has 1 heterocycles. The number of carbonyl (C=O) groups is 1. The van der Waals surface area contributed by atoms with Crippen molar-refractivity contribution in [2.45, 2.75) is 38.6 Å². The maximum Gasteiger partial charge on any atom is 0.266 e. The van der Waals surface area contributed by atoms with Crippen LogP contribution in [0.1, 0.15) is 44.2 Å². The number of hydrogen-bond donors (Lipinski definition) is 1. The Hall–Kier alpha value is -2.19. The molecule has 0 saturated carbocycles. The molecular weight excluding hydrogens is 441 g/mol. The SMILES string of the molecule is C[C@H]1CC(C)(C)N(C)c2cc(Cl)c(/C=C(/C#N)C(=O)Nc3ccc(Cl)c(Cl)c3)cc21. The number of fused-ring (bicyclic) bond motifs is 1. The fourth-order valence-electron chi connectivity index (χ4n) is 3.79. The van der Waals surface area contributed by atoms with Crippen molar-refractivity contribution >= 4 is 58.2 Å². The molecule has 156 valence electrons. The number of nitrogens with one attached hydrogen (secondary N) is 1. The topological polar surface area (TPSA) is 56.1 Å². The standard InChI is InChI=1S/C23H22Cl3N3O/c1-13-11-23(2,3)29(4)21-10-19(25)14(8-17(13)21)7-15(12-27)22(30)28-16-5-6-18(24)20(26)9-16/h5-10,13H,11H2,1-4H3,(H,28,30)/b15-7-/t13-/m0/s1. The van der Waals surface area contributed by atoms with Crippen LogP contribution in [0.15, 0.2) is 35.9 Å². The first kappa shape index (κ1) is 22.5. The highest BCUT2D eigenvalue weighted by molar-refractivity contribution is 6.42. The average Bonchev–Trinajstić information content (AvgIpc) is 2.67. The van der Waals surface area contributed by atoms with Crippen molar-refractivity contribution in [3.63, 3.8) is 0 Å². The summed E-state index contributed by atoms with van der Waals surface area (Å²) in [6.07, 6.45) is 2.51. The van der Waals surface area contributed by atoms with Gasteiger partial charge in [-0.3, -0.25) is 4.79 Å². The van der Waals surface area contributed by atoms with Gasteiger partial charge in [-0.15, -0.1) is 0 Å². The lowest BCUT2D eigenvalue weighted by atomic mass is 9.80. The van der Waals surface area contributed by atoms with Crippen LogP contribution in [-0.2, 0) is 4.79 Å². The van der Waals surface area contributed by atoms with Gasteiger partial charge in [0, 0.05) is 29.0 Å². The van der Waals surface area contributed by atoms with Gasteiger partial charge in [0.25, 0.3) is 5.91 Å². The van der Waals surface area contributed by atoms with Gasteiger partial charge in [0.15, 0.2) is 0 Å². The van der Waals surface area contributed by atoms with Gasteiger partial charge < -0.3 is 10.2 Å². The van der Waals surface area contributed by atoms with E-state index in [1.807, 2.05) is 18.2 Å². The minimum Gasteiger partial charge on any atom is -0.369 e. The van der Waals surface area contributed by atoms with E-state index in [1.165, 1.54) is 12.1 Å². The summed E-state index contributed by atoms with van der Waals surface area (Å²) in [6, 6.07) is 10.6. The molecule has 0 spiro atoms. The molecule has 1 atom stereocenters. The predicted molar refractivity (Wildman–Crippen MR) is 126 cm³/mol. The van der Waals surface area contributed by atoms with Crippen molar-refractivity contribution in [3.8, 4) is 6.07 Å². The highest BCUT2D eigenvalue weighted by Crippen LogP contribution is 2.44. The van der Waals surface area contributed by atoms with Crippen molar-refractivity contribution in [1.29, 1.82) is 5.26 Å². The molecular formula is C23H22Cl3N3O. The number of nitriles is 1. The van der Waals surface area contributed by atoms with Gasteiger partial charge >= 0.3 is 0 Å². The summed E-state index contributed by atoms with van der Waals surface area (Å²) in [5, 5.41) is 13.4. The van der Waals surface area contributed by atoms with Crippen LogP contribution in [0.25, 0.3) is 6.08 Å². The Morgan fingerprint density at radius 1 is 1.20 bits per heavy atom. The van der Waals surface area contributed by atoms with Gasteiger partial charge in [-0.05, 0) is 73.7 Å². The number of halogens is 3. The minimum atomic E-state index is -0.545. The summed E-state index contributed by atoms with van der Waals surface area (Å²) < 4.78 is 0. The van der Waals surface area contributed by atoms with Crippen molar-refractivity contribution in [2.24, 2.45) is 0 Å². The summed E-state index contributed by atoms with van der Waals surface area (Å²) >= 11 is 18.4. The van der Waals surface area contributed by atoms with Crippen LogP contribution in [0.2, 0.25) is 15.1 Å². The summed E-state index contributed by atoms with van der Waals surface area (Å²) in [7, 11) is 2.06. The summed E-state index contributed by atoms with van der Waals surface area (Å²) in [4.78, 5) is 14.8. The summed E-state index contributed by atoms with van der Waals surface area (Å²) in [5.41, 5.74) is 3.26. The molecule has 4 nitrogen and oxygen atoms in total. The molecule has 1 N–H and O–H groups in total. The number of anilines is 2. The molecule has 0 radical (unpaired) electrons. The molecule has 0 bridgehead atoms. The van der Waals surface area contributed by atoms with Crippen LogP contribution >= 0.6 is 34.8 Å². The van der Waals surface area contributed by atoms with Crippen LogP contribution in [0, 0.1) is 11.3 Å². The molecule has 30 heavy (non-hydrogen) atoms. The largest absolute Gasteiger partial charge is 0.369 e. The second-order valence-electron chi connectivity index (χ2n) is 8.16. The zero-order valence-corrected chi connectivity index (χ0v) is 19.5. The molecule has 0 saturated heterocycles. The lowest BCUT2D eigenvalue weighted by molar-refractivity contribution is -0.112. The van der Waals surface area contributed by atoms with E-state index in [0.29, 0.717) is 32.2 Å². The number of nitrogens with zero attached hydrogens (tertiary/aromatic N) is 2. The average molecular weight is 463 g/mol. The lowest BCUT2D eigenvalue weighted by Crippen LogP contribution is -2.45. The Morgan fingerprint density at radius 2 is 1.90 bits per heavy atom. The van der Waals surface area contributed by atoms with Crippen molar-refractivity contribution < 1.29 is 4.79 Å². The number of carbonyl (C=O) groups excluding carboxylic acids is 1. The van der Waals surface area contributed by atoms with E-state index >= 15 is 0 Å². The second-order valence-corrected chi connectivity index (χ2v) is 9.38. The number of rotatable bonds is 3. The number of amides is 1. The number of benzene rings is 2. The van der Waals surface area contributed by atoms with Crippen molar-refractivity contribution in [2.75, 3.05) is 17.3 Å². The van der Waals surface area contributed by atoms with Gasteiger partial charge in [-0.25, -0.2) is 0 Å². The normalized spacial score (nSPS) is 17.9. The highest BCUT2D eigenvalue weighted by atomic mass is 35.5. The van der Waals surface area contributed by atoms with Gasteiger partial charge in [0.2, 0.25) is 0 Å². The fraction of sp³-hybridized carbons (Fsp3) is 0.304. The van der Waals surface area contributed by atoms with Crippen molar-refractivity contribution in [1.82, 2.24) is 0 Å². The first-order valence-corrected chi connectivity index (χ1v) is 10.6. The van der Waals surface area contributed by atoms with Crippen LogP contribution in [0.5, 0.6) is 0 Å². The Kier molecular flexibility index (Phi) is 6.38. The minimum absolute atomic E-state index is 0.0185. The maximum absolute atomic E-state index is 12.6. The van der Waals surface area contributed by atoms with Gasteiger partial charge in [0.1, 0.15) is 11.6 Å². The third-order valence-corrected chi connectivity index (χ3v) is 6.66. The maximum atomic E-state index is 12.6. The van der Waals surface area contributed by atoms with E-state index in [1.54, 1.807) is 12.1 Å². The van der Waals surface area contributed by atoms with E-state index in [9.17, 15) is 10.1 Å². The monoisotopic (exact) mass is 461 g/mol. The summed E-state index contributed by atoms with van der Waals surface area (Å²) in [6.45, 7) is 6.59. The second kappa shape index (κ2) is 8.51. The van der Waals surface area contributed by atoms with Crippen LogP contribution in [0.3, 0.4) is 0 Å². The van der Waals surface area contributed by atoms with Gasteiger partial charge in [-0.2, -0.15) is 5.26 Å². The Bertz CT molecular complexity index is 1090. The molecule has 1 amide bonds. The molecule has 1 aliphatic heterocycles. The first-order valence-electron chi connectivity index (χ1n) is 9.49. The lowest BCUT2D eigenvalue weighted by Gasteiger charge is -2.45. The molecule has 2 aromatic carbocycles. The Morgan fingerprint density at radius 3 is 2.53 bits per heavy atom. The van der Waals surface area contributed by atoms with Gasteiger partial charge in [-0.1, -0.05) is 41.7 Å². The third kappa shape index (κ3) is 4.44. The van der Waals surface area contributed by atoms with E-state index in [0.717, 1.165) is 17.7 Å². The van der Waals surface area contributed by atoms with E-state index in [4.69, 9.17) is 34.8 Å². The Balaban J connectivity index is 1.94. The van der Waals surface area contributed by atoms with Crippen molar-refractivity contribution in [3.05, 3.63) is 62.1 Å². The molecule has 2 aromatic rings. The van der Waals surface area contributed by atoms with E-state index in [-0.39, 0.29) is 11.1 Å². The Labute approximate surface area is 192 Å². The van der Waals surface area contributed by atoms with E-state index in [2.05, 4.69) is 38.0 Å². The van der Waals surface area contributed by atoms with Crippen LogP contribution in [0.4, 0.5) is 11.4 Å². The quantitative estimate of drug-likeness (QED) is 0.398.